The summed E-state index contributed by atoms with van der Waals surface area (Å²) in [5, 5.41) is 8.16. The molecule has 0 radical (unpaired) electrons. The molecule has 24 heavy (non-hydrogen) atoms. The lowest BCUT2D eigenvalue weighted by atomic mass is 10.1. The number of benzene rings is 1. The van der Waals surface area contributed by atoms with Crippen molar-refractivity contribution in [2.24, 2.45) is 0 Å². The first-order valence-electron chi connectivity index (χ1n) is 7.68. The zero-order chi connectivity index (χ0) is 16.9. The van der Waals surface area contributed by atoms with Crippen LogP contribution in [-0.4, -0.2) is 31.0 Å². The minimum atomic E-state index is -0.515. The largest absolute Gasteiger partial charge is 0.480 e. The van der Waals surface area contributed by atoms with Crippen molar-refractivity contribution in [1.82, 2.24) is 10.6 Å². The number of amides is 2. The topological polar surface area (TPSA) is 67.4 Å². The molecule has 0 saturated heterocycles. The van der Waals surface area contributed by atoms with Crippen molar-refractivity contribution in [1.29, 1.82) is 0 Å². The fourth-order valence-corrected chi connectivity index (χ4v) is 3.31. The summed E-state index contributed by atoms with van der Waals surface area (Å²) >= 11 is 7.35. The normalized spacial score (nSPS) is 15.5. The van der Waals surface area contributed by atoms with Gasteiger partial charge in [0.25, 0.3) is 11.8 Å². The Kier molecular flexibility index (Phi) is 5.37. The summed E-state index contributed by atoms with van der Waals surface area (Å²) in [4.78, 5) is 24.6. The molecule has 1 aliphatic rings. The highest BCUT2D eigenvalue weighted by atomic mass is 35.5. The van der Waals surface area contributed by atoms with Gasteiger partial charge in [-0.25, -0.2) is 0 Å². The van der Waals surface area contributed by atoms with Crippen LogP contribution in [0.4, 0.5) is 0 Å². The molecular formula is C17H17ClN2O3S. The molecule has 0 aliphatic carbocycles. The third-order valence-electron chi connectivity index (χ3n) is 3.67. The smallest absolute Gasteiger partial charge is 0.261 e. The number of nitrogens with one attached hydrogen (secondary N) is 2. The van der Waals surface area contributed by atoms with E-state index in [0.29, 0.717) is 41.6 Å². The van der Waals surface area contributed by atoms with E-state index in [1.54, 1.807) is 18.2 Å². The molecule has 0 fully saturated rings. The maximum atomic E-state index is 12.1. The zero-order valence-corrected chi connectivity index (χ0v) is 14.5. The Balaban J connectivity index is 1.36. The Morgan fingerprint density at radius 1 is 1.25 bits per heavy atom. The van der Waals surface area contributed by atoms with E-state index in [-0.39, 0.29) is 11.8 Å². The first-order valence-corrected chi connectivity index (χ1v) is 8.94. The van der Waals surface area contributed by atoms with Crippen LogP contribution >= 0.6 is 22.9 Å². The fraction of sp³-hybridized carbons (Fsp3) is 0.294. The number of thiophene rings is 1. The third kappa shape index (κ3) is 4.07. The molecule has 1 aromatic heterocycles. The molecule has 1 aliphatic heterocycles. The van der Waals surface area contributed by atoms with Crippen LogP contribution in [0.2, 0.25) is 5.02 Å². The molecule has 1 aromatic carbocycles. The summed E-state index contributed by atoms with van der Waals surface area (Å²) in [5.41, 5.74) is 0.950. The van der Waals surface area contributed by atoms with Gasteiger partial charge in [-0.05, 0) is 41.6 Å². The number of ether oxygens (including phenoxy) is 1. The SMILES string of the molecule is O=C(NCCCNC(=O)C1Cc2cc(Cl)ccc2O1)c1cccs1. The van der Waals surface area contributed by atoms with Crippen molar-refractivity contribution in [2.45, 2.75) is 18.9 Å². The summed E-state index contributed by atoms with van der Waals surface area (Å²) in [5.74, 6) is 0.484. The van der Waals surface area contributed by atoms with Crippen LogP contribution in [0.15, 0.2) is 35.7 Å². The van der Waals surface area contributed by atoms with Crippen molar-refractivity contribution in [3.05, 3.63) is 51.2 Å². The van der Waals surface area contributed by atoms with E-state index in [2.05, 4.69) is 10.6 Å². The maximum Gasteiger partial charge on any atom is 0.261 e. The zero-order valence-electron chi connectivity index (χ0n) is 12.9. The van der Waals surface area contributed by atoms with E-state index in [4.69, 9.17) is 16.3 Å². The molecule has 3 rings (SSSR count). The molecule has 0 spiro atoms. The van der Waals surface area contributed by atoms with E-state index in [1.165, 1.54) is 11.3 Å². The van der Waals surface area contributed by atoms with Gasteiger partial charge in [0.2, 0.25) is 0 Å². The number of carbonyl (C=O) groups excluding carboxylic acids is 2. The van der Waals surface area contributed by atoms with Crippen LogP contribution in [0.5, 0.6) is 5.75 Å². The molecule has 5 nitrogen and oxygen atoms in total. The van der Waals surface area contributed by atoms with Gasteiger partial charge in [0.15, 0.2) is 6.10 Å². The second kappa shape index (κ2) is 7.68. The van der Waals surface area contributed by atoms with Crippen molar-refractivity contribution >= 4 is 34.8 Å². The number of rotatable bonds is 6. The summed E-state index contributed by atoms with van der Waals surface area (Å²) in [6.45, 7) is 0.999. The van der Waals surface area contributed by atoms with Crippen molar-refractivity contribution in [2.75, 3.05) is 13.1 Å². The van der Waals surface area contributed by atoms with Gasteiger partial charge in [-0.3, -0.25) is 9.59 Å². The lowest BCUT2D eigenvalue weighted by Crippen LogP contribution is -2.38. The van der Waals surface area contributed by atoms with Crippen LogP contribution in [0.25, 0.3) is 0 Å². The lowest BCUT2D eigenvalue weighted by Gasteiger charge is -2.11. The summed E-state index contributed by atoms with van der Waals surface area (Å²) < 4.78 is 5.63. The molecule has 1 unspecified atom stereocenters. The van der Waals surface area contributed by atoms with Crippen molar-refractivity contribution < 1.29 is 14.3 Å². The molecule has 2 N–H and O–H groups in total. The van der Waals surface area contributed by atoms with Gasteiger partial charge in [0.1, 0.15) is 5.75 Å². The van der Waals surface area contributed by atoms with Crippen LogP contribution in [-0.2, 0) is 11.2 Å². The van der Waals surface area contributed by atoms with Gasteiger partial charge in [0.05, 0.1) is 4.88 Å². The molecule has 1 atom stereocenters. The predicted octanol–water partition coefficient (Wildman–Crippen LogP) is 2.64. The highest BCUT2D eigenvalue weighted by Gasteiger charge is 2.28. The monoisotopic (exact) mass is 364 g/mol. The van der Waals surface area contributed by atoms with Crippen LogP contribution in [0, 0.1) is 0 Å². The first-order chi connectivity index (χ1) is 11.6. The second-order valence-electron chi connectivity index (χ2n) is 5.44. The molecule has 2 amide bonds. The Labute approximate surface area is 149 Å². The third-order valence-corrected chi connectivity index (χ3v) is 4.78. The van der Waals surface area contributed by atoms with Gasteiger partial charge in [0, 0.05) is 24.5 Å². The molecule has 2 aromatic rings. The second-order valence-corrected chi connectivity index (χ2v) is 6.82. The quantitative estimate of drug-likeness (QED) is 0.774. The Bertz CT molecular complexity index is 733. The van der Waals surface area contributed by atoms with Gasteiger partial charge >= 0.3 is 0 Å². The number of carbonyl (C=O) groups is 2. The van der Waals surface area contributed by atoms with Crippen molar-refractivity contribution in [3.63, 3.8) is 0 Å². The first kappa shape index (κ1) is 16.8. The van der Waals surface area contributed by atoms with Crippen LogP contribution in [0.1, 0.15) is 21.7 Å². The molecule has 0 bridgehead atoms. The lowest BCUT2D eigenvalue weighted by molar-refractivity contribution is -0.127. The molecule has 7 heteroatoms. The average molecular weight is 365 g/mol. The van der Waals surface area contributed by atoms with Gasteiger partial charge in [-0.1, -0.05) is 17.7 Å². The number of halogens is 1. The number of fused-ring (bicyclic) bond motifs is 1. The summed E-state index contributed by atoms with van der Waals surface area (Å²) in [7, 11) is 0. The minimum Gasteiger partial charge on any atom is -0.480 e. The fourth-order valence-electron chi connectivity index (χ4n) is 2.47. The van der Waals surface area contributed by atoms with E-state index >= 15 is 0 Å². The summed E-state index contributed by atoms with van der Waals surface area (Å²) in [6.07, 6.45) is 0.671. The molecule has 126 valence electrons. The Hall–Kier alpha value is -2.05. The Morgan fingerprint density at radius 2 is 2.08 bits per heavy atom. The standard InChI is InChI=1S/C17H17ClN2O3S/c18-12-4-5-13-11(9-12)10-14(23-13)16(21)19-6-2-7-20-17(22)15-3-1-8-24-15/h1,3-5,8-9,14H,2,6-7,10H2,(H,19,21)(H,20,22). The highest BCUT2D eigenvalue weighted by molar-refractivity contribution is 7.12. The summed E-state index contributed by atoms with van der Waals surface area (Å²) in [6, 6.07) is 8.97. The predicted molar refractivity (Wildman–Crippen MR) is 93.9 cm³/mol. The number of hydrogen-bond acceptors (Lipinski definition) is 4. The van der Waals surface area contributed by atoms with Crippen molar-refractivity contribution in [3.8, 4) is 5.75 Å². The van der Waals surface area contributed by atoms with Gasteiger partial charge in [-0.15, -0.1) is 11.3 Å². The van der Waals surface area contributed by atoms with E-state index < -0.39 is 6.10 Å². The number of hydrogen-bond donors (Lipinski definition) is 2. The highest BCUT2D eigenvalue weighted by Crippen LogP contribution is 2.31. The van der Waals surface area contributed by atoms with Gasteiger partial charge < -0.3 is 15.4 Å². The van der Waals surface area contributed by atoms with Gasteiger partial charge in [-0.2, -0.15) is 0 Å². The maximum absolute atomic E-state index is 12.1. The van der Waals surface area contributed by atoms with Crippen LogP contribution < -0.4 is 15.4 Å². The van der Waals surface area contributed by atoms with Crippen LogP contribution in [0.3, 0.4) is 0 Å². The molecule has 2 heterocycles. The Morgan fingerprint density at radius 3 is 2.88 bits per heavy atom. The van der Waals surface area contributed by atoms with E-state index in [0.717, 1.165) is 5.56 Å². The average Bonchev–Trinajstić information content (AvgIpc) is 3.23. The van der Waals surface area contributed by atoms with E-state index in [9.17, 15) is 9.59 Å². The molecule has 0 saturated carbocycles. The van der Waals surface area contributed by atoms with E-state index in [1.807, 2.05) is 17.5 Å². The molecular weight excluding hydrogens is 348 g/mol. The minimum absolute atomic E-state index is 0.0808.